The van der Waals surface area contributed by atoms with Gasteiger partial charge in [-0.3, -0.25) is 9.36 Å². The lowest BCUT2D eigenvalue weighted by Crippen LogP contribution is -2.26. The van der Waals surface area contributed by atoms with Crippen LogP contribution >= 0.6 is 33.9 Å². The van der Waals surface area contributed by atoms with Crippen LogP contribution in [0.4, 0.5) is 0 Å². The van der Waals surface area contributed by atoms with Gasteiger partial charge >= 0.3 is 5.97 Å². The van der Waals surface area contributed by atoms with Gasteiger partial charge in [0.2, 0.25) is 0 Å². The SMILES string of the molecule is CCC(Oc1ccc(-n2c(-c3cccs3)nc3ccc(I)cc3c2=O)cc1)C(=O)O. The van der Waals surface area contributed by atoms with Crippen LogP contribution in [0.1, 0.15) is 13.3 Å². The van der Waals surface area contributed by atoms with Crippen molar-refractivity contribution in [1.82, 2.24) is 9.55 Å². The second-order valence-corrected chi connectivity index (χ2v) is 8.75. The second-order valence-electron chi connectivity index (χ2n) is 6.56. The third-order valence-electron chi connectivity index (χ3n) is 4.59. The number of rotatable bonds is 6. The van der Waals surface area contributed by atoms with Crippen LogP contribution in [0.5, 0.6) is 5.75 Å². The van der Waals surface area contributed by atoms with Crippen molar-refractivity contribution in [2.24, 2.45) is 0 Å². The lowest BCUT2D eigenvalue weighted by atomic mass is 10.2. The molecule has 0 bridgehead atoms. The summed E-state index contributed by atoms with van der Waals surface area (Å²) in [5.41, 5.74) is 1.12. The van der Waals surface area contributed by atoms with Gasteiger partial charge in [0.05, 0.1) is 21.5 Å². The van der Waals surface area contributed by atoms with Gasteiger partial charge in [-0.25, -0.2) is 9.78 Å². The van der Waals surface area contributed by atoms with Crippen LogP contribution in [0.15, 0.2) is 64.8 Å². The maximum absolute atomic E-state index is 13.4. The van der Waals surface area contributed by atoms with Gasteiger partial charge in [-0.1, -0.05) is 13.0 Å². The largest absolute Gasteiger partial charge is 0.479 e. The first-order valence-electron chi connectivity index (χ1n) is 9.24. The van der Waals surface area contributed by atoms with Crippen molar-refractivity contribution in [2.45, 2.75) is 19.4 Å². The molecule has 0 aliphatic carbocycles. The standard InChI is InChI=1S/C22H17IN2O4S/c1-2-18(22(27)28)29-15-8-6-14(7-9-15)25-20(19-4-3-11-30-19)24-17-10-5-13(23)12-16(17)21(25)26/h3-12,18H,2H2,1H3,(H,27,28). The predicted molar refractivity (Wildman–Crippen MR) is 126 cm³/mol. The average Bonchev–Trinajstić information content (AvgIpc) is 3.27. The molecule has 1 unspecified atom stereocenters. The van der Waals surface area contributed by atoms with E-state index in [1.807, 2.05) is 35.7 Å². The van der Waals surface area contributed by atoms with Crippen LogP contribution in [0.25, 0.3) is 27.3 Å². The molecule has 0 saturated heterocycles. The summed E-state index contributed by atoms with van der Waals surface area (Å²) in [6.07, 6.45) is -0.559. The Morgan fingerprint density at radius 2 is 2.00 bits per heavy atom. The highest BCUT2D eigenvalue weighted by Gasteiger charge is 2.18. The summed E-state index contributed by atoms with van der Waals surface area (Å²) in [5, 5.41) is 11.7. The molecule has 2 heterocycles. The molecule has 0 aliphatic heterocycles. The number of fused-ring (bicyclic) bond motifs is 1. The van der Waals surface area contributed by atoms with Crippen molar-refractivity contribution >= 4 is 50.8 Å². The number of carbonyl (C=O) groups is 1. The maximum Gasteiger partial charge on any atom is 0.344 e. The lowest BCUT2D eigenvalue weighted by Gasteiger charge is -2.15. The number of carboxylic acid groups (broad SMARTS) is 1. The Bertz CT molecular complexity index is 1270. The number of benzene rings is 2. The van der Waals surface area contributed by atoms with Crippen LogP contribution < -0.4 is 10.3 Å². The molecule has 2 aromatic carbocycles. The maximum atomic E-state index is 13.4. The highest BCUT2D eigenvalue weighted by Crippen LogP contribution is 2.27. The minimum Gasteiger partial charge on any atom is -0.479 e. The van der Waals surface area contributed by atoms with Crippen molar-refractivity contribution < 1.29 is 14.6 Å². The van der Waals surface area contributed by atoms with E-state index in [4.69, 9.17) is 9.72 Å². The van der Waals surface area contributed by atoms with Gasteiger partial charge in [0.15, 0.2) is 11.9 Å². The molecule has 1 atom stereocenters. The van der Waals surface area contributed by atoms with E-state index >= 15 is 0 Å². The van der Waals surface area contributed by atoms with E-state index in [1.54, 1.807) is 35.8 Å². The van der Waals surface area contributed by atoms with Crippen LogP contribution in [-0.2, 0) is 4.79 Å². The number of halogens is 1. The molecule has 2 aromatic heterocycles. The van der Waals surface area contributed by atoms with Gasteiger partial charge < -0.3 is 9.84 Å². The first kappa shape index (κ1) is 20.5. The van der Waals surface area contributed by atoms with E-state index in [9.17, 15) is 14.7 Å². The Balaban J connectivity index is 1.85. The number of nitrogens with zero attached hydrogens (tertiary/aromatic N) is 2. The summed E-state index contributed by atoms with van der Waals surface area (Å²) in [4.78, 5) is 30.3. The molecule has 30 heavy (non-hydrogen) atoms. The van der Waals surface area contributed by atoms with Crippen molar-refractivity contribution in [3.8, 4) is 22.1 Å². The van der Waals surface area contributed by atoms with E-state index in [0.717, 1.165) is 8.45 Å². The number of ether oxygens (including phenoxy) is 1. The molecule has 0 spiro atoms. The van der Waals surface area contributed by atoms with Crippen molar-refractivity contribution in [3.05, 3.63) is 73.9 Å². The zero-order chi connectivity index (χ0) is 21.3. The highest BCUT2D eigenvalue weighted by molar-refractivity contribution is 14.1. The smallest absolute Gasteiger partial charge is 0.344 e. The Morgan fingerprint density at radius 1 is 1.23 bits per heavy atom. The van der Waals surface area contributed by atoms with Gasteiger partial charge in [0.25, 0.3) is 5.56 Å². The van der Waals surface area contributed by atoms with Gasteiger partial charge in [0.1, 0.15) is 5.75 Å². The number of thiophene rings is 1. The van der Waals surface area contributed by atoms with E-state index in [-0.39, 0.29) is 5.56 Å². The minimum absolute atomic E-state index is 0.160. The normalized spacial score (nSPS) is 12.1. The van der Waals surface area contributed by atoms with Crippen LogP contribution in [0.2, 0.25) is 0 Å². The van der Waals surface area contributed by atoms with Gasteiger partial charge in [-0.2, -0.15) is 0 Å². The predicted octanol–water partition coefficient (Wildman–Crippen LogP) is 4.96. The summed E-state index contributed by atoms with van der Waals surface area (Å²) < 4.78 is 8.07. The quantitative estimate of drug-likeness (QED) is 0.355. The molecule has 1 N–H and O–H groups in total. The van der Waals surface area contributed by atoms with Crippen molar-refractivity contribution in [2.75, 3.05) is 0 Å². The molecule has 6 nitrogen and oxygen atoms in total. The summed E-state index contributed by atoms with van der Waals surface area (Å²) >= 11 is 3.69. The summed E-state index contributed by atoms with van der Waals surface area (Å²) in [5.74, 6) is -0.0116. The molecular formula is C22H17IN2O4S. The molecule has 0 radical (unpaired) electrons. The zero-order valence-corrected chi connectivity index (χ0v) is 18.9. The van der Waals surface area contributed by atoms with Crippen LogP contribution in [0, 0.1) is 3.57 Å². The first-order valence-corrected chi connectivity index (χ1v) is 11.2. The zero-order valence-electron chi connectivity index (χ0n) is 15.9. The number of aliphatic carboxylic acids is 1. The fourth-order valence-corrected chi connectivity index (χ4v) is 4.31. The third-order valence-corrected chi connectivity index (χ3v) is 6.13. The van der Waals surface area contributed by atoms with Gasteiger partial charge in [-0.15, -0.1) is 11.3 Å². The summed E-state index contributed by atoms with van der Waals surface area (Å²) in [7, 11) is 0. The molecule has 4 aromatic rings. The fourth-order valence-electron chi connectivity index (χ4n) is 3.11. The Morgan fingerprint density at radius 3 is 2.63 bits per heavy atom. The molecule has 0 aliphatic rings. The molecule has 152 valence electrons. The molecule has 4 rings (SSSR count). The average molecular weight is 532 g/mol. The Labute approximate surface area is 189 Å². The molecule has 0 fully saturated rings. The molecule has 0 saturated carbocycles. The Hall–Kier alpha value is -2.72. The van der Waals surface area contributed by atoms with Gasteiger partial charge in [0, 0.05) is 3.57 Å². The number of aromatic nitrogens is 2. The third kappa shape index (κ3) is 3.97. The minimum atomic E-state index is -1.01. The molecular weight excluding hydrogens is 515 g/mol. The summed E-state index contributed by atoms with van der Waals surface area (Å²) in [6.45, 7) is 1.75. The van der Waals surface area contributed by atoms with Crippen LogP contribution in [0.3, 0.4) is 0 Å². The highest BCUT2D eigenvalue weighted by atomic mass is 127. The number of hydrogen-bond acceptors (Lipinski definition) is 5. The van der Waals surface area contributed by atoms with E-state index in [2.05, 4.69) is 22.6 Å². The summed E-state index contributed by atoms with van der Waals surface area (Å²) in [6, 6.07) is 16.3. The van der Waals surface area contributed by atoms with Crippen molar-refractivity contribution in [3.63, 3.8) is 0 Å². The van der Waals surface area contributed by atoms with Gasteiger partial charge in [-0.05, 0) is 82.9 Å². The topological polar surface area (TPSA) is 81.4 Å². The fraction of sp³-hybridized carbons (Fsp3) is 0.136. The van der Waals surface area contributed by atoms with E-state index < -0.39 is 12.1 Å². The Kier molecular flexibility index (Phi) is 5.87. The van der Waals surface area contributed by atoms with E-state index in [1.165, 1.54) is 11.3 Å². The lowest BCUT2D eigenvalue weighted by molar-refractivity contribution is -0.145. The molecule has 8 heteroatoms. The molecule has 0 amide bonds. The number of hydrogen-bond donors (Lipinski definition) is 1. The van der Waals surface area contributed by atoms with E-state index in [0.29, 0.717) is 34.6 Å². The van der Waals surface area contributed by atoms with Crippen LogP contribution in [-0.4, -0.2) is 26.7 Å². The van der Waals surface area contributed by atoms with Crippen molar-refractivity contribution in [1.29, 1.82) is 0 Å². The monoisotopic (exact) mass is 532 g/mol. The first-order chi connectivity index (χ1) is 14.5. The number of carboxylic acids is 1. The second kappa shape index (κ2) is 8.57.